The maximum atomic E-state index is 12.3. The van der Waals surface area contributed by atoms with Crippen LogP contribution in [-0.4, -0.2) is 34.1 Å². The molecule has 1 aliphatic carbocycles. The summed E-state index contributed by atoms with van der Waals surface area (Å²) in [5.74, 6) is 2.86. The van der Waals surface area contributed by atoms with E-state index in [4.69, 9.17) is 9.26 Å². The van der Waals surface area contributed by atoms with Crippen molar-refractivity contribution >= 4 is 5.91 Å². The molecule has 1 saturated carbocycles. The molecule has 0 radical (unpaired) electrons. The fourth-order valence-corrected chi connectivity index (χ4v) is 3.13. The highest BCUT2D eigenvalue weighted by molar-refractivity contribution is 5.79. The molecule has 1 unspecified atom stereocenters. The fraction of sp³-hybridized carbons (Fsp3) is 0.500. The lowest BCUT2D eigenvalue weighted by Gasteiger charge is -2.16. The molecule has 0 spiro atoms. The number of aromatic nitrogens is 2. The van der Waals surface area contributed by atoms with E-state index in [-0.39, 0.29) is 11.8 Å². The van der Waals surface area contributed by atoms with E-state index in [0.717, 1.165) is 30.0 Å². The van der Waals surface area contributed by atoms with Crippen molar-refractivity contribution in [3.8, 4) is 5.75 Å². The van der Waals surface area contributed by atoms with Crippen LogP contribution in [0.15, 0.2) is 28.8 Å². The van der Waals surface area contributed by atoms with E-state index in [2.05, 4.69) is 10.1 Å². The molecule has 1 aromatic carbocycles. The molecule has 4 rings (SSSR count). The molecule has 1 saturated heterocycles. The first-order valence-corrected chi connectivity index (χ1v) is 8.56. The molecule has 2 aromatic rings. The smallest absolute Gasteiger partial charge is 0.232 e. The fourth-order valence-electron chi connectivity index (χ4n) is 3.13. The van der Waals surface area contributed by atoms with Crippen LogP contribution >= 0.6 is 0 Å². The minimum atomic E-state index is 0.00701. The first kappa shape index (κ1) is 15.2. The third kappa shape index (κ3) is 3.13. The average Bonchev–Trinajstić information content (AvgIpc) is 3.19. The summed E-state index contributed by atoms with van der Waals surface area (Å²) in [6.45, 7) is 3.81. The van der Waals surface area contributed by atoms with E-state index in [9.17, 15) is 4.79 Å². The lowest BCUT2D eigenvalue weighted by molar-refractivity contribution is -0.128. The summed E-state index contributed by atoms with van der Waals surface area (Å²) < 4.78 is 10.9. The number of hydrogen-bond acceptors (Lipinski definition) is 5. The maximum Gasteiger partial charge on any atom is 0.232 e. The molecule has 126 valence electrons. The molecular formula is C18H21N3O3. The maximum absolute atomic E-state index is 12.3. The molecule has 6 heteroatoms. The molecule has 1 aliphatic heterocycles. The first-order valence-electron chi connectivity index (χ1n) is 8.56. The lowest BCUT2D eigenvalue weighted by Crippen LogP contribution is -2.24. The molecule has 1 aromatic heterocycles. The van der Waals surface area contributed by atoms with Gasteiger partial charge in [0.2, 0.25) is 11.8 Å². The summed E-state index contributed by atoms with van der Waals surface area (Å²) in [6, 6.07) is 7.89. The van der Waals surface area contributed by atoms with Gasteiger partial charge in [-0.1, -0.05) is 17.3 Å². The van der Waals surface area contributed by atoms with E-state index in [1.165, 1.54) is 0 Å². The van der Waals surface area contributed by atoms with Gasteiger partial charge in [-0.3, -0.25) is 4.79 Å². The van der Waals surface area contributed by atoms with Crippen LogP contribution in [0.5, 0.6) is 5.75 Å². The topological polar surface area (TPSA) is 68.5 Å². The van der Waals surface area contributed by atoms with Crippen molar-refractivity contribution in [2.75, 3.05) is 13.2 Å². The van der Waals surface area contributed by atoms with Crippen LogP contribution in [0.25, 0.3) is 0 Å². The third-order valence-electron chi connectivity index (χ3n) is 4.55. The number of likely N-dealkylation sites (tertiary alicyclic amines) is 1. The van der Waals surface area contributed by atoms with E-state index < -0.39 is 0 Å². The Morgan fingerprint density at radius 2 is 2.21 bits per heavy atom. The van der Waals surface area contributed by atoms with Gasteiger partial charge in [-0.15, -0.1) is 0 Å². The first-order chi connectivity index (χ1) is 11.7. The third-order valence-corrected chi connectivity index (χ3v) is 4.55. The predicted octanol–water partition coefficient (Wildman–Crippen LogP) is 2.86. The van der Waals surface area contributed by atoms with Crippen LogP contribution in [-0.2, 0) is 11.3 Å². The van der Waals surface area contributed by atoms with Crippen LogP contribution in [0.4, 0.5) is 0 Å². The highest BCUT2D eigenvalue weighted by atomic mass is 16.5. The summed E-state index contributed by atoms with van der Waals surface area (Å²) in [6.07, 6.45) is 2.73. The molecule has 1 amide bonds. The van der Waals surface area contributed by atoms with Crippen LogP contribution in [0, 0.1) is 0 Å². The van der Waals surface area contributed by atoms with Gasteiger partial charge in [0.05, 0.1) is 12.5 Å². The van der Waals surface area contributed by atoms with Crippen LogP contribution in [0.1, 0.15) is 55.3 Å². The number of carbonyl (C=O) groups excluding carboxylic acids is 1. The normalized spacial score (nSPS) is 20.6. The van der Waals surface area contributed by atoms with Gasteiger partial charge in [-0.2, -0.15) is 4.98 Å². The Hall–Kier alpha value is -2.37. The Morgan fingerprint density at radius 3 is 3.00 bits per heavy atom. The highest BCUT2D eigenvalue weighted by Gasteiger charge is 2.36. The largest absolute Gasteiger partial charge is 0.494 e. The summed E-state index contributed by atoms with van der Waals surface area (Å²) in [5.41, 5.74) is 1.07. The van der Waals surface area contributed by atoms with Crippen LogP contribution < -0.4 is 4.74 Å². The van der Waals surface area contributed by atoms with Gasteiger partial charge in [0.1, 0.15) is 5.75 Å². The Labute approximate surface area is 140 Å². The molecule has 2 fully saturated rings. The van der Waals surface area contributed by atoms with E-state index in [1.807, 2.05) is 36.1 Å². The van der Waals surface area contributed by atoms with Gasteiger partial charge < -0.3 is 14.2 Å². The number of benzene rings is 1. The van der Waals surface area contributed by atoms with Crippen molar-refractivity contribution in [3.05, 3.63) is 41.5 Å². The molecule has 0 bridgehead atoms. The van der Waals surface area contributed by atoms with Crippen LogP contribution in [0.3, 0.4) is 0 Å². The van der Waals surface area contributed by atoms with E-state index >= 15 is 0 Å². The van der Waals surface area contributed by atoms with Crippen molar-refractivity contribution in [1.29, 1.82) is 0 Å². The second kappa shape index (κ2) is 6.26. The van der Waals surface area contributed by atoms with Gasteiger partial charge in [-0.25, -0.2) is 0 Å². The van der Waals surface area contributed by atoms with Crippen molar-refractivity contribution in [3.63, 3.8) is 0 Å². The Morgan fingerprint density at radius 1 is 1.33 bits per heavy atom. The zero-order valence-corrected chi connectivity index (χ0v) is 13.8. The summed E-state index contributed by atoms with van der Waals surface area (Å²) in [5, 5.41) is 4.06. The zero-order chi connectivity index (χ0) is 16.5. The monoisotopic (exact) mass is 327 g/mol. The van der Waals surface area contributed by atoms with Gasteiger partial charge in [0, 0.05) is 25.4 Å². The minimum Gasteiger partial charge on any atom is -0.494 e. The number of ether oxygens (including phenoxy) is 1. The Kier molecular flexibility index (Phi) is 3.96. The zero-order valence-electron chi connectivity index (χ0n) is 13.8. The van der Waals surface area contributed by atoms with Crippen molar-refractivity contribution in [1.82, 2.24) is 15.0 Å². The molecule has 1 atom stereocenters. The van der Waals surface area contributed by atoms with Gasteiger partial charge in [0.15, 0.2) is 5.82 Å². The second-order valence-corrected chi connectivity index (χ2v) is 6.52. The molecule has 0 N–H and O–H groups in total. The number of hydrogen-bond donors (Lipinski definition) is 0. The van der Waals surface area contributed by atoms with Crippen molar-refractivity contribution < 1.29 is 14.1 Å². The molecule has 2 aliphatic rings. The molecule has 24 heavy (non-hydrogen) atoms. The van der Waals surface area contributed by atoms with Gasteiger partial charge >= 0.3 is 0 Å². The molecule has 6 nitrogen and oxygen atoms in total. The standard InChI is InChI=1S/C18H21N3O3/c1-2-23-15-5-3-4-12(8-15)10-21-11-14(9-16(21)22)18-19-17(20-24-18)13-6-7-13/h3-5,8,13-14H,2,6-7,9-11H2,1H3. The van der Waals surface area contributed by atoms with Gasteiger partial charge in [-0.05, 0) is 37.5 Å². The lowest BCUT2D eigenvalue weighted by atomic mass is 10.1. The van der Waals surface area contributed by atoms with Gasteiger partial charge in [0.25, 0.3) is 0 Å². The quantitative estimate of drug-likeness (QED) is 0.816. The molecular weight excluding hydrogens is 306 g/mol. The Bertz CT molecular complexity index is 739. The number of rotatable bonds is 6. The van der Waals surface area contributed by atoms with Crippen molar-refractivity contribution in [2.24, 2.45) is 0 Å². The Balaban J connectivity index is 1.42. The van der Waals surface area contributed by atoms with E-state index in [0.29, 0.717) is 37.9 Å². The SMILES string of the molecule is CCOc1cccc(CN2CC(c3nc(C4CC4)no3)CC2=O)c1. The highest BCUT2D eigenvalue weighted by Crippen LogP contribution is 2.39. The summed E-state index contributed by atoms with van der Waals surface area (Å²) >= 11 is 0. The summed E-state index contributed by atoms with van der Waals surface area (Å²) in [4.78, 5) is 18.7. The second-order valence-electron chi connectivity index (χ2n) is 6.52. The number of amides is 1. The predicted molar refractivity (Wildman–Crippen MR) is 86.7 cm³/mol. The molecule has 2 heterocycles. The van der Waals surface area contributed by atoms with E-state index in [1.54, 1.807) is 0 Å². The van der Waals surface area contributed by atoms with Crippen LogP contribution in [0.2, 0.25) is 0 Å². The van der Waals surface area contributed by atoms with Crippen molar-refractivity contribution in [2.45, 2.75) is 44.6 Å². The average molecular weight is 327 g/mol. The minimum absolute atomic E-state index is 0.00701. The summed E-state index contributed by atoms with van der Waals surface area (Å²) in [7, 11) is 0. The number of nitrogens with zero attached hydrogens (tertiary/aromatic N) is 3. The number of carbonyl (C=O) groups is 1.